The Morgan fingerprint density at radius 1 is 1.56 bits per heavy atom. The summed E-state index contributed by atoms with van der Waals surface area (Å²) in [6, 6.07) is 1.04. The maximum absolute atomic E-state index is 10.2. The molecule has 0 saturated carbocycles. The van der Waals surface area contributed by atoms with E-state index in [1.807, 2.05) is 0 Å². The third-order valence-corrected chi connectivity index (χ3v) is 3.76. The smallest absolute Gasteiger partial charge is 0.133 e. The molecule has 0 N–H and O–H groups in total. The number of hydrogen-bond donors (Lipinski definition) is 0. The Hall–Kier alpha value is 0.367. The summed E-state index contributed by atoms with van der Waals surface area (Å²) in [7, 11) is -1.02. The van der Waals surface area contributed by atoms with Gasteiger partial charge in [0.05, 0.1) is 4.83 Å². The molecule has 0 aromatic carbocycles. The van der Waals surface area contributed by atoms with Crippen LogP contribution in [0.5, 0.6) is 0 Å². The van der Waals surface area contributed by atoms with Gasteiger partial charge in [-0.1, -0.05) is 35.6 Å². The monoisotopic (exact) mass is 208 g/mol. The highest BCUT2D eigenvalue weighted by atomic mass is 79.9. The lowest BCUT2D eigenvalue weighted by atomic mass is 10.6. The molecule has 54 valence electrons. The molecule has 0 saturated heterocycles. The van der Waals surface area contributed by atoms with Crippen molar-refractivity contribution in [3.05, 3.63) is 0 Å². The summed E-state index contributed by atoms with van der Waals surface area (Å²) in [6.45, 7) is 6.76. The fraction of sp³-hybridized carbons (Fsp3) is 0.833. The summed E-state index contributed by atoms with van der Waals surface area (Å²) < 4.78 is 0. The van der Waals surface area contributed by atoms with Crippen LogP contribution in [0.4, 0.5) is 0 Å². The third kappa shape index (κ3) is 6.25. The summed E-state index contributed by atoms with van der Waals surface area (Å²) in [5.41, 5.74) is 0. The minimum Gasteiger partial charge on any atom is -0.302 e. The predicted octanol–water partition coefficient (Wildman–Crippen LogP) is 2.29. The second-order valence-corrected chi connectivity index (χ2v) is 10.1. The second-order valence-electron chi connectivity index (χ2n) is 3.42. The first-order valence-corrected chi connectivity index (χ1v) is 7.67. The van der Waals surface area contributed by atoms with Crippen LogP contribution in [0.1, 0.15) is 0 Å². The van der Waals surface area contributed by atoms with Crippen LogP contribution in [-0.4, -0.2) is 19.2 Å². The van der Waals surface area contributed by atoms with Crippen molar-refractivity contribution in [2.24, 2.45) is 0 Å². The second kappa shape index (κ2) is 3.51. The summed E-state index contributed by atoms with van der Waals surface area (Å²) in [5.74, 6) is 0. The van der Waals surface area contributed by atoms with Crippen molar-refractivity contribution in [2.45, 2.75) is 30.5 Å². The van der Waals surface area contributed by atoms with Gasteiger partial charge >= 0.3 is 0 Å². The van der Waals surface area contributed by atoms with Gasteiger partial charge in [-0.2, -0.15) is 0 Å². The summed E-state index contributed by atoms with van der Waals surface area (Å²) in [4.78, 5) is 10.2. The first kappa shape index (κ1) is 9.37. The average molecular weight is 209 g/mol. The van der Waals surface area contributed by atoms with Gasteiger partial charge in [-0.15, -0.1) is 0 Å². The predicted molar refractivity (Wildman–Crippen MR) is 46.9 cm³/mol. The van der Waals surface area contributed by atoms with E-state index in [9.17, 15) is 4.79 Å². The molecule has 0 rings (SSSR count). The van der Waals surface area contributed by atoms with E-state index < -0.39 is 8.07 Å². The molecular formula is C6H13BrOSi. The third-order valence-electron chi connectivity index (χ3n) is 0.955. The van der Waals surface area contributed by atoms with Gasteiger partial charge in [0.2, 0.25) is 0 Å². The molecule has 0 bridgehead atoms. The molecular weight excluding hydrogens is 196 g/mol. The lowest BCUT2D eigenvalue weighted by molar-refractivity contribution is -0.107. The van der Waals surface area contributed by atoms with Crippen molar-refractivity contribution in [2.75, 3.05) is 0 Å². The fourth-order valence-electron chi connectivity index (χ4n) is 0.633. The zero-order valence-electron chi connectivity index (χ0n) is 6.15. The molecule has 3 heteroatoms. The highest BCUT2D eigenvalue weighted by Gasteiger charge is 2.17. The number of carbonyl (C=O) groups excluding carboxylic acids is 1. The number of alkyl halides is 1. The number of carbonyl (C=O) groups is 1. The normalized spacial score (nSPS) is 15.1. The van der Waals surface area contributed by atoms with Crippen molar-refractivity contribution in [3.8, 4) is 0 Å². The minimum atomic E-state index is -1.02. The van der Waals surface area contributed by atoms with Crippen LogP contribution in [0.2, 0.25) is 25.7 Å². The van der Waals surface area contributed by atoms with Crippen LogP contribution in [-0.2, 0) is 4.79 Å². The molecule has 0 aromatic heterocycles. The van der Waals surface area contributed by atoms with Crippen molar-refractivity contribution >= 4 is 30.3 Å². The van der Waals surface area contributed by atoms with Crippen LogP contribution < -0.4 is 0 Å². The Bertz CT molecular complexity index is 97.7. The van der Waals surface area contributed by atoms with Crippen molar-refractivity contribution in [1.29, 1.82) is 0 Å². The summed E-state index contributed by atoms with van der Waals surface area (Å²) in [6.07, 6.45) is 0.970. The minimum absolute atomic E-state index is 0.0872. The molecule has 0 aromatic rings. The molecule has 1 unspecified atom stereocenters. The van der Waals surface area contributed by atoms with E-state index in [1.165, 1.54) is 0 Å². The highest BCUT2D eigenvalue weighted by Crippen LogP contribution is 2.15. The Balaban J connectivity index is 3.59. The molecule has 0 spiro atoms. The van der Waals surface area contributed by atoms with Crippen LogP contribution >= 0.6 is 15.9 Å². The van der Waals surface area contributed by atoms with E-state index in [0.29, 0.717) is 0 Å². The standard InChI is InChI=1S/C6H13BrOSi/c1-9(2,3)5-6(7)4-8/h4,6H,5H2,1-3H3. The first-order valence-electron chi connectivity index (χ1n) is 3.05. The summed E-state index contributed by atoms with van der Waals surface area (Å²) >= 11 is 3.28. The van der Waals surface area contributed by atoms with E-state index in [-0.39, 0.29) is 4.83 Å². The Labute approximate surface area is 66.0 Å². The van der Waals surface area contributed by atoms with Crippen LogP contribution in [0.3, 0.4) is 0 Å². The summed E-state index contributed by atoms with van der Waals surface area (Å²) in [5, 5.41) is 0. The van der Waals surface area contributed by atoms with Crippen LogP contribution in [0.25, 0.3) is 0 Å². The lowest BCUT2D eigenvalue weighted by Crippen LogP contribution is -2.24. The van der Waals surface area contributed by atoms with Gasteiger partial charge in [-0.3, -0.25) is 0 Å². The van der Waals surface area contributed by atoms with Gasteiger partial charge in [-0.05, 0) is 6.04 Å². The van der Waals surface area contributed by atoms with Gasteiger partial charge in [-0.25, -0.2) is 0 Å². The molecule has 0 radical (unpaired) electrons. The molecule has 0 amide bonds. The van der Waals surface area contributed by atoms with Crippen LogP contribution in [0, 0.1) is 0 Å². The van der Waals surface area contributed by atoms with Gasteiger partial charge < -0.3 is 4.79 Å². The van der Waals surface area contributed by atoms with E-state index in [1.54, 1.807) is 0 Å². The largest absolute Gasteiger partial charge is 0.302 e. The van der Waals surface area contributed by atoms with E-state index in [0.717, 1.165) is 12.3 Å². The van der Waals surface area contributed by atoms with Gasteiger partial charge in [0.1, 0.15) is 6.29 Å². The number of aldehydes is 1. The van der Waals surface area contributed by atoms with Gasteiger partial charge in [0.25, 0.3) is 0 Å². The Morgan fingerprint density at radius 2 is 2.00 bits per heavy atom. The first-order chi connectivity index (χ1) is 3.95. The Morgan fingerprint density at radius 3 is 2.11 bits per heavy atom. The topological polar surface area (TPSA) is 17.1 Å². The molecule has 1 nitrogen and oxygen atoms in total. The van der Waals surface area contributed by atoms with Gasteiger partial charge in [0, 0.05) is 8.07 Å². The lowest BCUT2D eigenvalue weighted by Gasteiger charge is -2.15. The number of rotatable bonds is 3. The van der Waals surface area contributed by atoms with Crippen LogP contribution in [0.15, 0.2) is 0 Å². The SMILES string of the molecule is C[Si](C)(C)CC(Br)C=O. The quantitative estimate of drug-likeness (QED) is 0.396. The molecule has 9 heavy (non-hydrogen) atoms. The van der Waals surface area contributed by atoms with E-state index in [2.05, 4.69) is 35.6 Å². The van der Waals surface area contributed by atoms with Gasteiger partial charge in [0.15, 0.2) is 0 Å². The molecule has 0 aliphatic heterocycles. The van der Waals surface area contributed by atoms with Crippen molar-refractivity contribution < 1.29 is 4.79 Å². The molecule has 0 fully saturated rings. The zero-order chi connectivity index (χ0) is 7.49. The maximum Gasteiger partial charge on any atom is 0.133 e. The highest BCUT2D eigenvalue weighted by molar-refractivity contribution is 9.10. The number of hydrogen-bond acceptors (Lipinski definition) is 1. The average Bonchev–Trinajstić information content (AvgIpc) is 1.62. The van der Waals surface area contributed by atoms with Crippen molar-refractivity contribution in [1.82, 2.24) is 0 Å². The van der Waals surface area contributed by atoms with Crippen molar-refractivity contribution in [3.63, 3.8) is 0 Å². The fourth-order valence-corrected chi connectivity index (χ4v) is 4.81. The van der Waals surface area contributed by atoms with E-state index >= 15 is 0 Å². The number of halogens is 1. The maximum atomic E-state index is 10.2. The zero-order valence-corrected chi connectivity index (χ0v) is 8.73. The Kier molecular flexibility index (Phi) is 3.66. The molecule has 0 aliphatic carbocycles. The molecule has 0 aliphatic rings. The molecule has 1 atom stereocenters. The molecule has 0 heterocycles. The van der Waals surface area contributed by atoms with E-state index in [4.69, 9.17) is 0 Å².